The number of hydrogen-bond donors (Lipinski definition) is 1. The molecule has 4 heteroatoms. The SMILES string of the molecule is CCCCCCCCNC(=O)c1ccccc1C(=O)OC. The first kappa shape index (κ1) is 17.2. The van der Waals surface area contributed by atoms with Crippen molar-refractivity contribution in [1.82, 2.24) is 5.32 Å². The number of hydrogen-bond acceptors (Lipinski definition) is 3. The monoisotopic (exact) mass is 291 g/mol. The van der Waals surface area contributed by atoms with E-state index in [1.807, 2.05) is 0 Å². The van der Waals surface area contributed by atoms with Gasteiger partial charge in [0.15, 0.2) is 0 Å². The van der Waals surface area contributed by atoms with Gasteiger partial charge in [0.05, 0.1) is 18.2 Å². The maximum Gasteiger partial charge on any atom is 0.338 e. The summed E-state index contributed by atoms with van der Waals surface area (Å²) in [6.07, 6.45) is 7.08. The number of carbonyl (C=O) groups excluding carboxylic acids is 2. The van der Waals surface area contributed by atoms with Gasteiger partial charge in [0, 0.05) is 6.54 Å². The average Bonchev–Trinajstić information content (AvgIpc) is 2.53. The van der Waals surface area contributed by atoms with Crippen LogP contribution in [0, 0.1) is 0 Å². The fraction of sp³-hybridized carbons (Fsp3) is 0.529. The van der Waals surface area contributed by atoms with Crippen LogP contribution in [-0.4, -0.2) is 25.5 Å². The van der Waals surface area contributed by atoms with Gasteiger partial charge in [-0.05, 0) is 18.6 Å². The first-order valence-corrected chi connectivity index (χ1v) is 7.66. The van der Waals surface area contributed by atoms with Crippen LogP contribution in [0.2, 0.25) is 0 Å². The standard InChI is InChI=1S/C17H25NO3/c1-3-4-5-6-7-10-13-18-16(19)14-11-8-9-12-15(14)17(20)21-2/h8-9,11-12H,3-7,10,13H2,1-2H3,(H,18,19). The van der Waals surface area contributed by atoms with Crippen LogP contribution < -0.4 is 5.32 Å². The van der Waals surface area contributed by atoms with Crippen LogP contribution in [0.4, 0.5) is 0 Å². The zero-order valence-corrected chi connectivity index (χ0v) is 13.0. The van der Waals surface area contributed by atoms with Gasteiger partial charge in [-0.3, -0.25) is 4.79 Å². The molecule has 0 heterocycles. The number of methoxy groups -OCH3 is 1. The number of unbranched alkanes of at least 4 members (excludes halogenated alkanes) is 5. The van der Waals surface area contributed by atoms with Crippen molar-refractivity contribution in [3.05, 3.63) is 35.4 Å². The van der Waals surface area contributed by atoms with Crippen LogP contribution in [-0.2, 0) is 4.74 Å². The number of amides is 1. The normalized spacial score (nSPS) is 10.2. The van der Waals surface area contributed by atoms with Crippen molar-refractivity contribution >= 4 is 11.9 Å². The summed E-state index contributed by atoms with van der Waals surface area (Å²) in [4.78, 5) is 23.7. The Kier molecular flexibility index (Phi) is 8.17. The van der Waals surface area contributed by atoms with Crippen LogP contribution in [0.3, 0.4) is 0 Å². The molecule has 116 valence electrons. The molecule has 1 aromatic rings. The molecule has 0 radical (unpaired) electrons. The van der Waals surface area contributed by atoms with Gasteiger partial charge in [-0.2, -0.15) is 0 Å². The van der Waals surface area contributed by atoms with E-state index in [1.54, 1.807) is 24.3 Å². The number of rotatable bonds is 9. The number of benzene rings is 1. The molecule has 1 aromatic carbocycles. The maximum absolute atomic E-state index is 12.1. The molecule has 0 aliphatic carbocycles. The van der Waals surface area contributed by atoms with Gasteiger partial charge in [-0.1, -0.05) is 51.2 Å². The van der Waals surface area contributed by atoms with Crippen molar-refractivity contribution in [3.63, 3.8) is 0 Å². The first-order chi connectivity index (χ1) is 10.2. The van der Waals surface area contributed by atoms with Gasteiger partial charge in [0.2, 0.25) is 0 Å². The molecule has 21 heavy (non-hydrogen) atoms. The molecule has 1 N–H and O–H groups in total. The second kappa shape index (κ2) is 9.97. The van der Waals surface area contributed by atoms with Crippen molar-refractivity contribution in [2.45, 2.75) is 45.4 Å². The highest BCUT2D eigenvalue weighted by atomic mass is 16.5. The van der Waals surface area contributed by atoms with Gasteiger partial charge < -0.3 is 10.1 Å². The van der Waals surface area contributed by atoms with Crippen molar-refractivity contribution in [2.24, 2.45) is 0 Å². The summed E-state index contributed by atoms with van der Waals surface area (Å²) in [7, 11) is 1.31. The van der Waals surface area contributed by atoms with E-state index < -0.39 is 5.97 Å². The highest BCUT2D eigenvalue weighted by molar-refractivity contribution is 6.05. The molecule has 0 saturated carbocycles. The molecule has 0 aromatic heterocycles. The molecule has 0 bridgehead atoms. The third kappa shape index (κ3) is 5.98. The summed E-state index contributed by atoms with van der Waals surface area (Å²) in [6.45, 7) is 2.83. The van der Waals surface area contributed by atoms with Crippen molar-refractivity contribution < 1.29 is 14.3 Å². The van der Waals surface area contributed by atoms with Crippen molar-refractivity contribution in [3.8, 4) is 0 Å². The van der Waals surface area contributed by atoms with E-state index in [2.05, 4.69) is 17.0 Å². The van der Waals surface area contributed by atoms with Crippen LogP contribution in [0.15, 0.2) is 24.3 Å². The number of ether oxygens (including phenoxy) is 1. The summed E-state index contributed by atoms with van der Waals surface area (Å²) in [6, 6.07) is 6.71. The minimum absolute atomic E-state index is 0.218. The Labute approximate surface area is 126 Å². The molecule has 0 atom stereocenters. The topological polar surface area (TPSA) is 55.4 Å². The molecule has 0 saturated heterocycles. The third-order valence-electron chi connectivity index (χ3n) is 3.39. The Hall–Kier alpha value is -1.84. The lowest BCUT2D eigenvalue weighted by molar-refractivity contribution is 0.0596. The summed E-state index contributed by atoms with van der Waals surface area (Å²) in [5, 5.41) is 2.86. The maximum atomic E-state index is 12.1. The molecule has 0 unspecified atom stereocenters. The minimum atomic E-state index is -0.486. The largest absolute Gasteiger partial charge is 0.465 e. The van der Waals surface area contributed by atoms with Gasteiger partial charge in [0.1, 0.15) is 0 Å². The lowest BCUT2D eigenvalue weighted by Crippen LogP contribution is -2.26. The molecular weight excluding hydrogens is 266 g/mol. The molecule has 0 aliphatic rings. The van der Waals surface area contributed by atoms with Gasteiger partial charge in [0.25, 0.3) is 5.91 Å². The smallest absolute Gasteiger partial charge is 0.338 e. The minimum Gasteiger partial charge on any atom is -0.465 e. The fourth-order valence-corrected chi connectivity index (χ4v) is 2.17. The van der Waals surface area contributed by atoms with E-state index in [1.165, 1.54) is 32.8 Å². The second-order valence-electron chi connectivity index (χ2n) is 5.06. The highest BCUT2D eigenvalue weighted by Gasteiger charge is 2.16. The van der Waals surface area contributed by atoms with Crippen LogP contribution >= 0.6 is 0 Å². The summed E-state index contributed by atoms with van der Waals surface area (Å²) in [5.41, 5.74) is 0.677. The molecule has 1 rings (SSSR count). The summed E-state index contributed by atoms with van der Waals surface area (Å²) < 4.78 is 4.69. The van der Waals surface area contributed by atoms with Gasteiger partial charge in [-0.15, -0.1) is 0 Å². The van der Waals surface area contributed by atoms with E-state index in [-0.39, 0.29) is 5.91 Å². The Morgan fingerprint density at radius 3 is 2.29 bits per heavy atom. The zero-order chi connectivity index (χ0) is 15.5. The molecule has 4 nitrogen and oxygen atoms in total. The van der Waals surface area contributed by atoms with Crippen LogP contribution in [0.5, 0.6) is 0 Å². The third-order valence-corrected chi connectivity index (χ3v) is 3.39. The van der Waals surface area contributed by atoms with Crippen molar-refractivity contribution in [2.75, 3.05) is 13.7 Å². The molecule has 1 amide bonds. The summed E-state index contributed by atoms with van der Waals surface area (Å²) in [5.74, 6) is -0.704. The Bertz CT molecular complexity index is 457. The van der Waals surface area contributed by atoms with E-state index in [0.29, 0.717) is 17.7 Å². The Morgan fingerprint density at radius 2 is 1.62 bits per heavy atom. The van der Waals surface area contributed by atoms with E-state index in [9.17, 15) is 9.59 Å². The van der Waals surface area contributed by atoms with Gasteiger partial charge >= 0.3 is 5.97 Å². The molecule has 0 fully saturated rings. The van der Waals surface area contributed by atoms with Crippen molar-refractivity contribution in [1.29, 1.82) is 0 Å². The zero-order valence-electron chi connectivity index (χ0n) is 13.0. The predicted molar refractivity (Wildman–Crippen MR) is 83.5 cm³/mol. The molecule has 0 spiro atoms. The Balaban J connectivity index is 2.40. The number of carbonyl (C=O) groups is 2. The van der Waals surface area contributed by atoms with E-state index in [0.717, 1.165) is 12.8 Å². The highest BCUT2D eigenvalue weighted by Crippen LogP contribution is 2.10. The predicted octanol–water partition coefficient (Wildman–Crippen LogP) is 3.56. The second-order valence-corrected chi connectivity index (χ2v) is 5.06. The lowest BCUT2D eigenvalue weighted by Gasteiger charge is -2.08. The fourth-order valence-electron chi connectivity index (χ4n) is 2.17. The first-order valence-electron chi connectivity index (χ1n) is 7.66. The lowest BCUT2D eigenvalue weighted by atomic mass is 10.1. The van der Waals surface area contributed by atoms with Crippen LogP contribution in [0.25, 0.3) is 0 Å². The van der Waals surface area contributed by atoms with E-state index in [4.69, 9.17) is 0 Å². The number of esters is 1. The Morgan fingerprint density at radius 1 is 1.00 bits per heavy atom. The van der Waals surface area contributed by atoms with Gasteiger partial charge in [-0.25, -0.2) is 4.79 Å². The average molecular weight is 291 g/mol. The molecular formula is C17H25NO3. The van der Waals surface area contributed by atoms with E-state index >= 15 is 0 Å². The summed E-state index contributed by atoms with van der Waals surface area (Å²) >= 11 is 0. The molecule has 0 aliphatic heterocycles. The van der Waals surface area contributed by atoms with Crippen LogP contribution in [0.1, 0.15) is 66.2 Å². The quantitative estimate of drug-likeness (QED) is 0.559. The number of nitrogens with one attached hydrogen (secondary N) is 1.